The number of non-ortho nitro benzene ring substituents is 1. The molecule has 10 heteroatoms. The molecular formula is C23H18N2O8. The topological polar surface area (TPSA) is 134 Å². The number of hydrogen-bond acceptors (Lipinski definition) is 8. The van der Waals surface area contributed by atoms with Crippen LogP contribution in [0.25, 0.3) is 0 Å². The van der Waals surface area contributed by atoms with Crippen molar-refractivity contribution in [1.29, 1.82) is 0 Å². The molecule has 0 spiro atoms. The predicted molar refractivity (Wildman–Crippen MR) is 117 cm³/mol. The molecule has 3 aromatic rings. The molecule has 0 saturated heterocycles. The number of nitrogens with zero attached hydrogens (tertiary/aromatic N) is 1. The Bertz CT molecular complexity index is 1240. The highest BCUT2D eigenvalue weighted by Crippen LogP contribution is 2.27. The second kappa shape index (κ2) is 10.1. The highest BCUT2D eigenvalue weighted by molar-refractivity contribution is 6.05. The van der Waals surface area contributed by atoms with Gasteiger partial charge in [0.05, 0.1) is 30.3 Å². The van der Waals surface area contributed by atoms with Gasteiger partial charge in [0.25, 0.3) is 11.6 Å². The molecule has 0 aromatic heterocycles. The first kappa shape index (κ1) is 22.9. The van der Waals surface area contributed by atoms with E-state index in [4.69, 9.17) is 9.47 Å². The lowest BCUT2D eigenvalue weighted by Gasteiger charge is -2.11. The smallest absolute Gasteiger partial charge is 0.338 e. The van der Waals surface area contributed by atoms with Gasteiger partial charge >= 0.3 is 11.9 Å². The Morgan fingerprint density at radius 2 is 1.48 bits per heavy atom. The molecule has 0 aliphatic rings. The number of methoxy groups -OCH3 is 2. The van der Waals surface area contributed by atoms with Crippen molar-refractivity contribution in [2.24, 2.45) is 0 Å². The summed E-state index contributed by atoms with van der Waals surface area (Å²) in [6, 6.07) is 15.9. The van der Waals surface area contributed by atoms with Crippen LogP contribution in [-0.4, -0.2) is 37.0 Å². The fourth-order valence-corrected chi connectivity index (χ4v) is 2.89. The van der Waals surface area contributed by atoms with Gasteiger partial charge in [0, 0.05) is 29.4 Å². The first-order chi connectivity index (χ1) is 15.8. The summed E-state index contributed by atoms with van der Waals surface area (Å²) in [5, 5.41) is 13.6. The van der Waals surface area contributed by atoms with Crippen molar-refractivity contribution < 1.29 is 33.5 Å². The molecule has 3 aromatic carbocycles. The third-order valence-corrected chi connectivity index (χ3v) is 4.45. The third kappa shape index (κ3) is 5.50. The third-order valence-electron chi connectivity index (χ3n) is 4.45. The number of nitro benzene ring substituents is 1. The Labute approximate surface area is 187 Å². The molecule has 1 amide bonds. The quantitative estimate of drug-likeness (QED) is 0.321. The van der Waals surface area contributed by atoms with Crippen molar-refractivity contribution in [3.05, 3.63) is 93.5 Å². The summed E-state index contributed by atoms with van der Waals surface area (Å²) in [6.45, 7) is 0. The van der Waals surface area contributed by atoms with Crippen LogP contribution in [0.5, 0.6) is 11.5 Å². The van der Waals surface area contributed by atoms with Gasteiger partial charge < -0.3 is 19.5 Å². The number of nitrogens with one attached hydrogen (secondary N) is 1. The van der Waals surface area contributed by atoms with E-state index in [1.165, 1.54) is 62.8 Å². The molecular weight excluding hydrogens is 432 g/mol. The van der Waals surface area contributed by atoms with Crippen LogP contribution in [0.2, 0.25) is 0 Å². The standard InChI is InChI=1S/C23H18N2O8/c1-31-22(27)19-10-9-18(13-20(19)23(28)32-2)33-17-8-4-6-15(12-17)24-21(26)14-5-3-7-16(11-14)25(29)30/h3-13H,1-2H3,(H,24,26). The zero-order chi connectivity index (χ0) is 24.0. The minimum absolute atomic E-state index is 0.0228. The number of ether oxygens (including phenoxy) is 3. The zero-order valence-electron chi connectivity index (χ0n) is 17.6. The van der Waals surface area contributed by atoms with Crippen molar-refractivity contribution in [3.8, 4) is 11.5 Å². The normalized spacial score (nSPS) is 10.1. The van der Waals surface area contributed by atoms with Crippen molar-refractivity contribution in [2.75, 3.05) is 19.5 Å². The van der Waals surface area contributed by atoms with Crippen molar-refractivity contribution in [3.63, 3.8) is 0 Å². The maximum atomic E-state index is 12.5. The summed E-state index contributed by atoms with van der Waals surface area (Å²) in [4.78, 5) is 46.8. The first-order valence-electron chi connectivity index (χ1n) is 9.46. The molecule has 0 aliphatic carbocycles. The van der Waals surface area contributed by atoms with E-state index >= 15 is 0 Å². The molecule has 33 heavy (non-hydrogen) atoms. The van der Waals surface area contributed by atoms with Crippen molar-refractivity contribution in [2.45, 2.75) is 0 Å². The lowest BCUT2D eigenvalue weighted by molar-refractivity contribution is -0.384. The van der Waals surface area contributed by atoms with Gasteiger partial charge in [-0.05, 0) is 36.4 Å². The number of nitro groups is 1. The fraction of sp³-hybridized carbons (Fsp3) is 0.0870. The van der Waals surface area contributed by atoms with Gasteiger partial charge in [-0.25, -0.2) is 9.59 Å². The Balaban J connectivity index is 1.81. The minimum Gasteiger partial charge on any atom is -0.465 e. The maximum absolute atomic E-state index is 12.5. The number of hydrogen-bond donors (Lipinski definition) is 1. The monoisotopic (exact) mass is 450 g/mol. The van der Waals surface area contributed by atoms with E-state index < -0.39 is 22.8 Å². The fourth-order valence-electron chi connectivity index (χ4n) is 2.89. The number of amides is 1. The lowest BCUT2D eigenvalue weighted by atomic mass is 10.1. The number of benzene rings is 3. The molecule has 1 N–H and O–H groups in total. The van der Waals surface area contributed by atoms with Gasteiger partial charge in [0.1, 0.15) is 11.5 Å². The van der Waals surface area contributed by atoms with Gasteiger partial charge in [-0.15, -0.1) is 0 Å². The molecule has 0 saturated carbocycles. The van der Waals surface area contributed by atoms with Crippen molar-refractivity contribution >= 4 is 29.2 Å². The molecule has 10 nitrogen and oxygen atoms in total. The average Bonchev–Trinajstić information content (AvgIpc) is 2.83. The molecule has 0 radical (unpaired) electrons. The summed E-state index contributed by atoms with van der Waals surface area (Å²) in [5.41, 5.74) is 0.295. The van der Waals surface area contributed by atoms with E-state index in [9.17, 15) is 24.5 Å². The summed E-state index contributed by atoms with van der Waals surface area (Å²) in [5.74, 6) is -1.41. The first-order valence-corrected chi connectivity index (χ1v) is 9.46. The highest BCUT2D eigenvalue weighted by Gasteiger charge is 2.19. The van der Waals surface area contributed by atoms with Gasteiger partial charge in [-0.1, -0.05) is 12.1 Å². The van der Waals surface area contributed by atoms with E-state index in [1.807, 2.05) is 0 Å². The average molecular weight is 450 g/mol. The van der Waals surface area contributed by atoms with E-state index in [1.54, 1.807) is 18.2 Å². The molecule has 0 heterocycles. The van der Waals surface area contributed by atoms with Gasteiger partial charge in [-0.3, -0.25) is 14.9 Å². The second-order valence-corrected chi connectivity index (χ2v) is 6.58. The molecule has 0 fully saturated rings. The van der Waals surface area contributed by atoms with Crippen molar-refractivity contribution in [1.82, 2.24) is 0 Å². The number of anilines is 1. The van der Waals surface area contributed by atoms with Crippen LogP contribution in [0.1, 0.15) is 31.1 Å². The molecule has 0 bridgehead atoms. The van der Waals surface area contributed by atoms with Crippen LogP contribution in [-0.2, 0) is 9.47 Å². The van der Waals surface area contributed by atoms with Crippen LogP contribution in [0.4, 0.5) is 11.4 Å². The molecule has 0 aliphatic heterocycles. The number of esters is 2. The summed E-state index contributed by atoms with van der Waals surface area (Å²) < 4.78 is 15.1. The highest BCUT2D eigenvalue weighted by atomic mass is 16.6. The Morgan fingerprint density at radius 1 is 0.818 bits per heavy atom. The van der Waals surface area contributed by atoms with Gasteiger partial charge in [-0.2, -0.15) is 0 Å². The Morgan fingerprint density at radius 3 is 2.18 bits per heavy atom. The Hall–Kier alpha value is -4.73. The lowest BCUT2D eigenvalue weighted by Crippen LogP contribution is -2.12. The minimum atomic E-state index is -0.737. The number of carbonyl (C=O) groups excluding carboxylic acids is 3. The van der Waals surface area contributed by atoms with Crippen LogP contribution in [0, 0.1) is 10.1 Å². The molecule has 0 atom stereocenters. The Kier molecular flexibility index (Phi) is 6.99. The van der Waals surface area contributed by atoms with E-state index in [0.29, 0.717) is 11.4 Å². The van der Waals surface area contributed by atoms with E-state index in [-0.39, 0.29) is 28.1 Å². The van der Waals surface area contributed by atoms with Crippen LogP contribution in [0.15, 0.2) is 66.7 Å². The SMILES string of the molecule is COC(=O)c1ccc(Oc2cccc(NC(=O)c3cccc([N+](=O)[O-])c3)c2)cc1C(=O)OC. The largest absolute Gasteiger partial charge is 0.465 e. The van der Waals surface area contributed by atoms with Crippen LogP contribution < -0.4 is 10.1 Å². The van der Waals surface area contributed by atoms with Gasteiger partial charge in [0.2, 0.25) is 0 Å². The molecule has 168 valence electrons. The number of rotatable bonds is 7. The summed E-state index contributed by atoms with van der Waals surface area (Å²) >= 11 is 0. The van der Waals surface area contributed by atoms with Gasteiger partial charge in [0.15, 0.2) is 0 Å². The molecule has 0 unspecified atom stereocenters. The van der Waals surface area contributed by atoms with Crippen LogP contribution >= 0.6 is 0 Å². The van der Waals surface area contributed by atoms with E-state index in [2.05, 4.69) is 10.1 Å². The second-order valence-electron chi connectivity index (χ2n) is 6.58. The molecule has 3 rings (SSSR count). The summed E-state index contributed by atoms with van der Waals surface area (Å²) in [7, 11) is 2.38. The number of carbonyl (C=O) groups is 3. The maximum Gasteiger partial charge on any atom is 0.338 e. The summed E-state index contributed by atoms with van der Waals surface area (Å²) in [6.07, 6.45) is 0. The predicted octanol–water partition coefficient (Wildman–Crippen LogP) is 4.21. The van der Waals surface area contributed by atoms with Crippen LogP contribution in [0.3, 0.4) is 0 Å². The zero-order valence-corrected chi connectivity index (χ0v) is 17.6. The van der Waals surface area contributed by atoms with E-state index in [0.717, 1.165) is 0 Å².